The number of hydrogen-bond acceptors (Lipinski definition) is 3. The average molecular weight is 368 g/mol. The SMILES string of the molecule is Cc1ccc(C(=O)C=C2C=C(c3ccc(C)cc3)Oc3cc(O)ccc32)cc1. The van der Waals surface area contributed by atoms with E-state index in [4.69, 9.17) is 4.74 Å². The van der Waals surface area contributed by atoms with Crippen LogP contribution in [0.15, 0.2) is 78.9 Å². The number of aryl methyl sites for hydroxylation is 2. The van der Waals surface area contributed by atoms with E-state index in [-0.39, 0.29) is 11.5 Å². The number of aromatic hydroxyl groups is 1. The van der Waals surface area contributed by atoms with Crippen molar-refractivity contribution in [3.05, 3.63) is 107 Å². The zero-order valence-corrected chi connectivity index (χ0v) is 15.8. The third kappa shape index (κ3) is 3.60. The number of phenolic OH excluding ortho intramolecular Hbond substituents is 1. The van der Waals surface area contributed by atoms with Crippen molar-refractivity contribution in [2.24, 2.45) is 0 Å². The van der Waals surface area contributed by atoms with E-state index in [2.05, 4.69) is 0 Å². The molecule has 0 unspecified atom stereocenters. The molecule has 3 aromatic rings. The molecule has 1 N–H and O–H groups in total. The van der Waals surface area contributed by atoms with Crippen molar-refractivity contribution < 1.29 is 14.6 Å². The molecule has 0 fully saturated rings. The molecule has 1 heterocycles. The van der Waals surface area contributed by atoms with Gasteiger partial charge in [-0.3, -0.25) is 4.79 Å². The van der Waals surface area contributed by atoms with Crippen molar-refractivity contribution in [3.8, 4) is 11.5 Å². The Morgan fingerprint density at radius 2 is 1.54 bits per heavy atom. The second-order valence-corrected chi connectivity index (χ2v) is 6.99. The lowest BCUT2D eigenvalue weighted by Gasteiger charge is -2.21. The van der Waals surface area contributed by atoms with Crippen molar-refractivity contribution in [1.29, 1.82) is 0 Å². The molecule has 0 spiro atoms. The third-order valence-electron chi connectivity index (χ3n) is 4.74. The molecule has 0 aromatic heterocycles. The van der Waals surface area contributed by atoms with Crippen LogP contribution in [0.3, 0.4) is 0 Å². The van der Waals surface area contributed by atoms with Gasteiger partial charge in [0.25, 0.3) is 0 Å². The maximum atomic E-state index is 12.8. The molecule has 0 radical (unpaired) electrons. The minimum atomic E-state index is -0.0737. The lowest BCUT2D eigenvalue weighted by atomic mass is 9.96. The fraction of sp³-hybridized carbons (Fsp3) is 0.0800. The summed E-state index contributed by atoms with van der Waals surface area (Å²) in [6.07, 6.45) is 3.49. The Kier molecular flexibility index (Phi) is 4.58. The number of rotatable bonds is 3. The van der Waals surface area contributed by atoms with Crippen LogP contribution in [0.5, 0.6) is 11.5 Å². The van der Waals surface area contributed by atoms with Gasteiger partial charge in [-0.05, 0) is 43.7 Å². The molecule has 0 aliphatic carbocycles. The first-order valence-corrected chi connectivity index (χ1v) is 9.12. The number of benzene rings is 3. The summed E-state index contributed by atoms with van der Waals surface area (Å²) in [7, 11) is 0. The summed E-state index contributed by atoms with van der Waals surface area (Å²) in [5.41, 5.74) is 5.33. The number of ketones is 1. The van der Waals surface area contributed by atoms with Crippen LogP contribution in [0.25, 0.3) is 11.3 Å². The summed E-state index contributed by atoms with van der Waals surface area (Å²) in [5, 5.41) is 9.87. The van der Waals surface area contributed by atoms with Crippen LogP contribution in [-0.2, 0) is 0 Å². The predicted molar refractivity (Wildman–Crippen MR) is 111 cm³/mol. The minimum absolute atomic E-state index is 0.0737. The average Bonchev–Trinajstić information content (AvgIpc) is 2.68. The Labute approximate surface area is 164 Å². The lowest BCUT2D eigenvalue weighted by Crippen LogP contribution is -2.05. The molecule has 0 saturated heterocycles. The second-order valence-electron chi connectivity index (χ2n) is 6.99. The van der Waals surface area contributed by atoms with Gasteiger partial charge in [-0.15, -0.1) is 0 Å². The van der Waals surface area contributed by atoms with Crippen molar-refractivity contribution in [3.63, 3.8) is 0 Å². The number of allylic oxidation sites excluding steroid dienone is 3. The fourth-order valence-electron chi connectivity index (χ4n) is 3.12. The van der Waals surface area contributed by atoms with Gasteiger partial charge < -0.3 is 9.84 Å². The van der Waals surface area contributed by atoms with E-state index >= 15 is 0 Å². The molecule has 0 bridgehead atoms. The van der Waals surface area contributed by atoms with Gasteiger partial charge >= 0.3 is 0 Å². The molecule has 4 rings (SSSR count). The Balaban J connectivity index is 1.79. The summed E-state index contributed by atoms with van der Waals surface area (Å²) >= 11 is 0. The quantitative estimate of drug-likeness (QED) is 0.476. The molecule has 0 saturated carbocycles. The van der Waals surface area contributed by atoms with Crippen molar-refractivity contribution in [2.75, 3.05) is 0 Å². The minimum Gasteiger partial charge on any atom is -0.508 e. The van der Waals surface area contributed by atoms with Gasteiger partial charge in [0.2, 0.25) is 0 Å². The normalized spacial score (nSPS) is 14.2. The van der Waals surface area contributed by atoms with E-state index < -0.39 is 0 Å². The van der Waals surface area contributed by atoms with Crippen LogP contribution in [0.2, 0.25) is 0 Å². The largest absolute Gasteiger partial charge is 0.508 e. The number of fused-ring (bicyclic) bond motifs is 1. The Morgan fingerprint density at radius 3 is 2.21 bits per heavy atom. The molecule has 3 aromatic carbocycles. The summed E-state index contributed by atoms with van der Waals surface area (Å²) in [4.78, 5) is 12.8. The first kappa shape index (κ1) is 17.8. The summed E-state index contributed by atoms with van der Waals surface area (Å²) < 4.78 is 6.02. The summed E-state index contributed by atoms with van der Waals surface area (Å²) in [6, 6.07) is 20.4. The zero-order valence-electron chi connectivity index (χ0n) is 15.8. The number of hydrogen-bond donors (Lipinski definition) is 1. The van der Waals surface area contributed by atoms with Crippen LogP contribution >= 0.6 is 0 Å². The molecule has 3 nitrogen and oxygen atoms in total. The molecular formula is C25H20O3. The zero-order chi connectivity index (χ0) is 19.7. The van der Waals surface area contributed by atoms with E-state index in [1.807, 2.05) is 68.5 Å². The van der Waals surface area contributed by atoms with E-state index in [1.165, 1.54) is 0 Å². The van der Waals surface area contributed by atoms with Crippen molar-refractivity contribution in [2.45, 2.75) is 13.8 Å². The first-order chi connectivity index (χ1) is 13.5. The first-order valence-electron chi connectivity index (χ1n) is 9.12. The molecule has 1 aliphatic heterocycles. The Bertz CT molecular complexity index is 1100. The van der Waals surface area contributed by atoms with Gasteiger partial charge in [-0.1, -0.05) is 59.7 Å². The summed E-state index contributed by atoms with van der Waals surface area (Å²) in [6.45, 7) is 4.02. The highest BCUT2D eigenvalue weighted by molar-refractivity contribution is 6.11. The van der Waals surface area contributed by atoms with Crippen molar-refractivity contribution >= 4 is 17.1 Å². The monoisotopic (exact) mass is 368 g/mol. The topological polar surface area (TPSA) is 46.5 Å². The van der Waals surface area contributed by atoms with Gasteiger partial charge in [-0.25, -0.2) is 0 Å². The number of carbonyl (C=O) groups excluding carboxylic acids is 1. The van der Waals surface area contributed by atoms with Gasteiger partial charge in [0.15, 0.2) is 5.78 Å². The highest BCUT2D eigenvalue weighted by Crippen LogP contribution is 2.39. The number of ether oxygens (including phenoxy) is 1. The van der Waals surface area contributed by atoms with Gasteiger partial charge in [0.1, 0.15) is 17.3 Å². The second kappa shape index (κ2) is 7.20. The standard InChI is InChI=1S/C25H20O3/c1-16-3-7-18(8-4-16)23(27)13-20-14-24(19-9-5-17(2)6-10-19)28-25-15-21(26)11-12-22(20)25/h3-15,26H,1-2H3. The summed E-state index contributed by atoms with van der Waals surface area (Å²) in [5.74, 6) is 1.21. The lowest BCUT2D eigenvalue weighted by molar-refractivity contribution is 0.104. The van der Waals surface area contributed by atoms with Crippen LogP contribution in [-0.4, -0.2) is 10.9 Å². The molecule has 1 aliphatic rings. The highest BCUT2D eigenvalue weighted by Gasteiger charge is 2.19. The van der Waals surface area contributed by atoms with Crippen molar-refractivity contribution in [1.82, 2.24) is 0 Å². The molecule has 0 amide bonds. The predicted octanol–water partition coefficient (Wildman–Crippen LogP) is 5.71. The molecule has 3 heteroatoms. The van der Waals surface area contributed by atoms with E-state index in [0.29, 0.717) is 17.1 Å². The molecule has 138 valence electrons. The van der Waals surface area contributed by atoms with Gasteiger partial charge in [0.05, 0.1) is 0 Å². The molecule has 0 atom stereocenters. The van der Waals surface area contributed by atoms with Crippen LogP contribution in [0, 0.1) is 13.8 Å². The fourth-order valence-corrected chi connectivity index (χ4v) is 3.12. The smallest absolute Gasteiger partial charge is 0.186 e. The van der Waals surface area contributed by atoms with Crippen LogP contribution < -0.4 is 4.74 Å². The molecular weight excluding hydrogens is 348 g/mol. The highest BCUT2D eigenvalue weighted by atomic mass is 16.5. The number of phenols is 1. The number of carbonyl (C=O) groups is 1. The van der Waals surface area contributed by atoms with E-state index in [9.17, 15) is 9.90 Å². The maximum absolute atomic E-state index is 12.8. The Morgan fingerprint density at radius 1 is 0.893 bits per heavy atom. The van der Waals surface area contributed by atoms with Crippen LogP contribution in [0.1, 0.15) is 32.6 Å². The maximum Gasteiger partial charge on any atom is 0.186 e. The van der Waals surface area contributed by atoms with Gasteiger partial charge in [-0.2, -0.15) is 0 Å². The third-order valence-corrected chi connectivity index (χ3v) is 4.74. The molecule has 28 heavy (non-hydrogen) atoms. The van der Waals surface area contributed by atoms with Gasteiger partial charge in [0, 0.05) is 22.8 Å². The van der Waals surface area contributed by atoms with E-state index in [1.54, 1.807) is 24.3 Å². The van der Waals surface area contributed by atoms with E-state index in [0.717, 1.165) is 27.8 Å². The Hall–Kier alpha value is -3.59. The van der Waals surface area contributed by atoms with Crippen LogP contribution in [0.4, 0.5) is 0 Å².